The Labute approximate surface area is 170 Å². The third-order valence-electron chi connectivity index (χ3n) is 4.57. The molecule has 1 atom stereocenters. The predicted molar refractivity (Wildman–Crippen MR) is 108 cm³/mol. The quantitative estimate of drug-likeness (QED) is 0.363. The maximum Gasteiger partial charge on any atom is 0.255 e. The molecule has 152 valence electrons. The lowest BCUT2D eigenvalue weighted by atomic mass is 10.1. The first-order valence-corrected chi connectivity index (χ1v) is 9.09. The Balaban J connectivity index is 1.66. The number of carbonyl (C=O) groups is 1. The fourth-order valence-corrected chi connectivity index (χ4v) is 3.05. The zero-order chi connectivity index (χ0) is 21.3. The van der Waals surface area contributed by atoms with Crippen LogP contribution in [0, 0.1) is 11.2 Å². The minimum Gasteiger partial charge on any atom is -0.447 e. The minimum absolute atomic E-state index is 0.0504. The van der Waals surface area contributed by atoms with Crippen molar-refractivity contribution in [2.24, 2.45) is 0 Å². The van der Waals surface area contributed by atoms with Crippen LogP contribution in [-0.4, -0.2) is 38.6 Å². The van der Waals surface area contributed by atoms with Crippen LogP contribution in [0.4, 0.5) is 10.1 Å². The molecule has 4 N–H and O–H groups in total. The smallest absolute Gasteiger partial charge is 0.255 e. The highest BCUT2D eigenvalue weighted by molar-refractivity contribution is 6.14. The van der Waals surface area contributed by atoms with Crippen LogP contribution in [0.5, 0.6) is 0 Å². The molecule has 4 aromatic rings. The molecule has 30 heavy (non-hydrogen) atoms. The molecule has 0 bridgehead atoms. The van der Waals surface area contributed by atoms with Crippen molar-refractivity contribution in [3.63, 3.8) is 0 Å². The first kappa shape index (κ1) is 19.2. The second-order valence-electron chi connectivity index (χ2n) is 6.54. The molecule has 0 aliphatic carbocycles. The summed E-state index contributed by atoms with van der Waals surface area (Å²) in [5.41, 5.74) is 2.23. The predicted octanol–water partition coefficient (Wildman–Crippen LogP) is 3.03. The van der Waals surface area contributed by atoms with Gasteiger partial charge in [0.15, 0.2) is 5.65 Å². The van der Waals surface area contributed by atoms with Gasteiger partial charge in [0.1, 0.15) is 29.3 Å². The lowest BCUT2D eigenvalue weighted by Gasteiger charge is -2.11. The highest BCUT2D eigenvalue weighted by Gasteiger charge is 2.20. The standard InChI is InChI=1S/C20H18FN7O2/c1-10(20-24-5-6-30-20)27-19(29)13-8-25-18-17(13)28-15(9-26-18)16(22)12-4-3-11(21)7-14(12)23-2/h3-10,22-23H,1-2H3,(H,25,26)(H,27,29)/t10-/m1/s1. The number of amides is 1. The number of H-pyrrole nitrogens is 1. The van der Waals surface area contributed by atoms with Crippen LogP contribution in [0.3, 0.4) is 0 Å². The molecular formula is C20H18FN7O2. The van der Waals surface area contributed by atoms with Crippen molar-refractivity contribution in [1.29, 1.82) is 5.41 Å². The third kappa shape index (κ3) is 3.50. The van der Waals surface area contributed by atoms with Gasteiger partial charge in [-0.3, -0.25) is 10.2 Å². The average molecular weight is 407 g/mol. The lowest BCUT2D eigenvalue weighted by Crippen LogP contribution is -2.26. The first-order chi connectivity index (χ1) is 14.5. The van der Waals surface area contributed by atoms with Crippen LogP contribution in [0.2, 0.25) is 0 Å². The zero-order valence-corrected chi connectivity index (χ0v) is 16.2. The molecule has 0 unspecified atom stereocenters. The van der Waals surface area contributed by atoms with Gasteiger partial charge in [0.2, 0.25) is 5.89 Å². The first-order valence-electron chi connectivity index (χ1n) is 9.09. The molecule has 0 aliphatic heterocycles. The van der Waals surface area contributed by atoms with E-state index in [0.717, 1.165) is 0 Å². The maximum absolute atomic E-state index is 13.5. The molecule has 0 fully saturated rings. The van der Waals surface area contributed by atoms with E-state index in [4.69, 9.17) is 9.83 Å². The summed E-state index contributed by atoms with van der Waals surface area (Å²) >= 11 is 0. The van der Waals surface area contributed by atoms with Crippen molar-refractivity contribution in [3.8, 4) is 0 Å². The van der Waals surface area contributed by atoms with E-state index in [9.17, 15) is 9.18 Å². The Morgan fingerprint density at radius 3 is 2.87 bits per heavy atom. The normalized spacial score (nSPS) is 12.0. The highest BCUT2D eigenvalue weighted by Crippen LogP contribution is 2.22. The van der Waals surface area contributed by atoms with Gasteiger partial charge in [-0.1, -0.05) is 0 Å². The summed E-state index contributed by atoms with van der Waals surface area (Å²) in [5, 5.41) is 14.2. The number of nitrogens with one attached hydrogen (secondary N) is 4. The third-order valence-corrected chi connectivity index (χ3v) is 4.57. The summed E-state index contributed by atoms with van der Waals surface area (Å²) in [4.78, 5) is 28.4. The van der Waals surface area contributed by atoms with E-state index < -0.39 is 11.9 Å². The summed E-state index contributed by atoms with van der Waals surface area (Å²) in [6, 6.07) is 3.63. The number of aromatic amines is 1. The minimum atomic E-state index is -0.440. The molecule has 1 aromatic carbocycles. The van der Waals surface area contributed by atoms with Gasteiger partial charge in [0.25, 0.3) is 5.91 Å². The van der Waals surface area contributed by atoms with Gasteiger partial charge >= 0.3 is 0 Å². The van der Waals surface area contributed by atoms with Crippen LogP contribution in [-0.2, 0) is 0 Å². The molecule has 4 rings (SSSR count). The summed E-state index contributed by atoms with van der Waals surface area (Å²) < 4.78 is 18.7. The Morgan fingerprint density at radius 1 is 1.30 bits per heavy atom. The molecule has 0 spiro atoms. The number of carbonyl (C=O) groups excluding carboxylic acids is 1. The van der Waals surface area contributed by atoms with E-state index in [1.54, 1.807) is 14.0 Å². The molecule has 1 amide bonds. The van der Waals surface area contributed by atoms with Gasteiger partial charge in [-0.15, -0.1) is 0 Å². The number of hydrogen-bond acceptors (Lipinski definition) is 7. The van der Waals surface area contributed by atoms with Gasteiger partial charge < -0.3 is 20.0 Å². The van der Waals surface area contributed by atoms with Crippen LogP contribution in [0.15, 0.2) is 47.5 Å². The number of halogens is 1. The Kier molecular flexibility index (Phi) is 4.97. The van der Waals surface area contributed by atoms with E-state index in [2.05, 4.69) is 30.6 Å². The van der Waals surface area contributed by atoms with Crippen molar-refractivity contribution < 1.29 is 13.6 Å². The van der Waals surface area contributed by atoms with E-state index in [1.165, 1.54) is 43.1 Å². The molecule has 9 nitrogen and oxygen atoms in total. The monoisotopic (exact) mass is 407 g/mol. The van der Waals surface area contributed by atoms with Gasteiger partial charge in [-0.25, -0.2) is 19.3 Å². The fourth-order valence-electron chi connectivity index (χ4n) is 3.05. The van der Waals surface area contributed by atoms with Crippen molar-refractivity contribution in [3.05, 3.63) is 71.6 Å². The number of benzene rings is 1. The number of rotatable bonds is 6. The highest BCUT2D eigenvalue weighted by atomic mass is 19.1. The second-order valence-corrected chi connectivity index (χ2v) is 6.54. The average Bonchev–Trinajstić information content (AvgIpc) is 3.42. The van der Waals surface area contributed by atoms with E-state index >= 15 is 0 Å². The van der Waals surface area contributed by atoms with Crippen molar-refractivity contribution in [2.45, 2.75) is 13.0 Å². The van der Waals surface area contributed by atoms with Crippen LogP contribution in [0.25, 0.3) is 11.2 Å². The van der Waals surface area contributed by atoms with Crippen LogP contribution < -0.4 is 10.6 Å². The van der Waals surface area contributed by atoms with Gasteiger partial charge in [-0.2, -0.15) is 0 Å². The van der Waals surface area contributed by atoms with Crippen LogP contribution >= 0.6 is 0 Å². The number of nitrogens with zero attached hydrogens (tertiary/aromatic N) is 3. The number of oxazole rings is 1. The molecule has 0 saturated carbocycles. The number of fused-ring (bicyclic) bond motifs is 1. The SMILES string of the molecule is CNc1cc(F)ccc1C(=N)c1cnc2[nH]cc(C(=O)N[C@H](C)c3ncco3)c2n1. The summed E-state index contributed by atoms with van der Waals surface area (Å²) in [7, 11) is 1.64. The molecule has 3 aromatic heterocycles. The van der Waals surface area contributed by atoms with Crippen molar-refractivity contribution in [2.75, 3.05) is 12.4 Å². The van der Waals surface area contributed by atoms with E-state index in [0.29, 0.717) is 28.3 Å². The summed E-state index contributed by atoms with van der Waals surface area (Å²) in [6.07, 6.45) is 5.87. The zero-order valence-electron chi connectivity index (χ0n) is 16.2. The Bertz CT molecular complexity index is 1230. The molecule has 10 heteroatoms. The lowest BCUT2D eigenvalue weighted by molar-refractivity contribution is 0.0935. The van der Waals surface area contributed by atoms with E-state index in [1.807, 2.05) is 0 Å². The largest absolute Gasteiger partial charge is 0.447 e. The van der Waals surface area contributed by atoms with Crippen molar-refractivity contribution in [1.82, 2.24) is 25.3 Å². The summed E-state index contributed by atoms with van der Waals surface area (Å²) in [6.45, 7) is 1.75. The molecular weight excluding hydrogens is 389 g/mol. The van der Waals surface area contributed by atoms with E-state index in [-0.39, 0.29) is 22.9 Å². The fraction of sp³-hybridized carbons (Fsp3) is 0.150. The van der Waals surface area contributed by atoms with Crippen LogP contribution in [0.1, 0.15) is 40.5 Å². The molecule has 0 saturated heterocycles. The number of anilines is 1. The number of hydrogen-bond donors (Lipinski definition) is 4. The van der Waals surface area contributed by atoms with Gasteiger partial charge in [0.05, 0.1) is 23.7 Å². The molecule has 0 radical (unpaired) electrons. The maximum atomic E-state index is 13.5. The Morgan fingerprint density at radius 2 is 2.13 bits per heavy atom. The topological polar surface area (TPSA) is 133 Å². The molecule has 0 aliphatic rings. The number of aromatic nitrogens is 4. The van der Waals surface area contributed by atoms with Crippen molar-refractivity contribution >= 4 is 28.5 Å². The molecule has 3 heterocycles. The van der Waals surface area contributed by atoms with Gasteiger partial charge in [-0.05, 0) is 25.1 Å². The van der Waals surface area contributed by atoms with Gasteiger partial charge in [0, 0.05) is 24.5 Å². The second kappa shape index (κ2) is 7.74. The Hall–Kier alpha value is -4.08. The summed E-state index contributed by atoms with van der Waals surface area (Å²) in [5.74, 6) is -0.419.